The summed E-state index contributed by atoms with van der Waals surface area (Å²) in [4.78, 5) is 24.6. The molecule has 92 valence electrons. The van der Waals surface area contributed by atoms with Gasteiger partial charge in [0.2, 0.25) is 5.72 Å². The molecule has 1 aliphatic heterocycles. The van der Waals surface area contributed by atoms with Crippen molar-refractivity contribution >= 4 is 12.1 Å². The molecule has 6 nitrogen and oxygen atoms in total. The van der Waals surface area contributed by atoms with Crippen molar-refractivity contribution in [2.24, 2.45) is 0 Å². The Morgan fingerprint density at radius 1 is 1.31 bits per heavy atom. The van der Waals surface area contributed by atoms with Gasteiger partial charge in [0.15, 0.2) is 0 Å². The zero-order valence-corrected chi connectivity index (χ0v) is 9.82. The maximum absolute atomic E-state index is 11.8. The predicted molar refractivity (Wildman–Crippen MR) is 54.7 cm³/mol. The molecule has 6 heteroatoms. The molecule has 0 bridgehead atoms. The van der Waals surface area contributed by atoms with Crippen molar-refractivity contribution in [3.8, 4) is 0 Å². The molecule has 0 aromatic heterocycles. The molecule has 0 saturated carbocycles. The Bertz CT molecular complexity index is 280. The second-order valence-electron chi connectivity index (χ2n) is 3.43. The maximum atomic E-state index is 11.8. The molecule has 1 saturated heterocycles. The Kier molecular flexibility index (Phi) is 4.12. The standard InChI is InChI=1S/C10H17NO5/c1-4-16-10(8(12)14-2)6-5-7-11(10)9(13)15-3/h4-7H2,1-3H3/t10-/m1/s1. The maximum Gasteiger partial charge on any atom is 0.412 e. The third-order valence-electron chi connectivity index (χ3n) is 2.62. The predicted octanol–water partition coefficient (Wildman–Crippen LogP) is 0.754. The van der Waals surface area contributed by atoms with E-state index in [-0.39, 0.29) is 0 Å². The largest absolute Gasteiger partial charge is 0.465 e. The van der Waals surface area contributed by atoms with Gasteiger partial charge in [0.25, 0.3) is 0 Å². The Balaban J connectivity index is 2.97. The number of likely N-dealkylation sites (tertiary alicyclic amines) is 1. The first-order valence-corrected chi connectivity index (χ1v) is 5.20. The van der Waals surface area contributed by atoms with Crippen molar-refractivity contribution in [1.82, 2.24) is 4.90 Å². The lowest BCUT2D eigenvalue weighted by Gasteiger charge is -2.33. The minimum absolute atomic E-state index is 0.322. The van der Waals surface area contributed by atoms with Crippen LogP contribution in [0.3, 0.4) is 0 Å². The minimum Gasteiger partial charge on any atom is -0.465 e. The number of hydrogen-bond acceptors (Lipinski definition) is 5. The number of hydrogen-bond donors (Lipinski definition) is 0. The fourth-order valence-corrected chi connectivity index (χ4v) is 1.96. The second kappa shape index (κ2) is 5.16. The second-order valence-corrected chi connectivity index (χ2v) is 3.43. The van der Waals surface area contributed by atoms with Gasteiger partial charge in [0.1, 0.15) is 0 Å². The van der Waals surface area contributed by atoms with Gasteiger partial charge in [-0.05, 0) is 13.3 Å². The normalized spacial score (nSPS) is 24.3. The fourth-order valence-electron chi connectivity index (χ4n) is 1.96. The van der Waals surface area contributed by atoms with Crippen LogP contribution in [0.2, 0.25) is 0 Å². The number of carbonyl (C=O) groups excluding carboxylic acids is 2. The van der Waals surface area contributed by atoms with E-state index in [1.807, 2.05) is 0 Å². The SMILES string of the molecule is CCO[C@@]1(C(=O)OC)CCCN1C(=O)OC. The van der Waals surface area contributed by atoms with Gasteiger partial charge >= 0.3 is 12.1 Å². The molecule has 0 aromatic rings. The van der Waals surface area contributed by atoms with E-state index in [4.69, 9.17) is 9.47 Å². The zero-order valence-electron chi connectivity index (χ0n) is 9.82. The summed E-state index contributed by atoms with van der Waals surface area (Å²) in [7, 11) is 2.55. The highest BCUT2D eigenvalue weighted by Crippen LogP contribution is 2.32. The molecule has 1 heterocycles. The minimum atomic E-state index is -1.31. The zero-order chi connectivity index (χ0) is 12.2. The van der Waals surface area contributed by atoms with E-state index in [0.717, 1.165) is 0 Å². The number of nitrogens with zero attached hydrogens (tertiary/aromatic N) is 1. The summed E-state index contributed by atoms with van der Waals surface area (Å²) in [5, 5.41) is 0. The van der Waals surface area contributed by atoms with Gasteiger partial charge in [-0.15, -0.1) is 0 Å². The van der Waals surface area contributed by atoms with Crippen molar-refractivity contribution in [3.05, 3.63) is 0 Å². The Morgan fingerprint density at radius 2 is 2.00 bits per heavy atom. The summed E-state index contributed by atoms with van der Waals surface area (Å²) in [6, 6.07) is 0. The first-order chi connectivity index (χ1) is 7.62. The molecule has 16 heavy (non-hydrogen) atoms. The molecule has 0 radical (unpaired) electrons. The van der Waals surface area contributed by atoms with E-state index in [1.165, 1.54) is 19.1 Å². The molecule has 1 rings (SSSR count). The number of rotatable bonds is 3. The van der Waals surface area contributed by atoms with Crippen molar-refractivity contribution in [2.75, 3.05) is 27.4 Å². The molecule has 1 amide bonds. The van der Waals surface area contributed by atoms with Crippen LogP contribution < -0.4 is 0 Å². The van der Waals surface area contributed by atoms with E-state index >= 15 is 0 Å². The molecular formula is C10H17NO5. The van der Waals surface area contributed by atoms with E-state index in [0.29, 0.717) is 26.0 Å². The Labute approximate surface area is 94.4 Å². The van der Waals surface area contributed by atoms with Gasteiger partial charge in [-0.2, -0.15) is 0 Å². The first kappa shape index (κ1) is 12.8. The van der Waals surface area contributed by atoms with Gasteiger partial charge in [0, 0.05) is 19.6 Å². The highest BCUT2D eigenvalue weighted by atomic mass is 16.6. The summed E-state index contributed by atoms with van der Waals surface area (Å²) in [6.07, 6.45) is 0.545. The van der Waals surface area contributed by atoms with Crippen molar-refractivity contribution < 1.29 is 23.8 Å². The molecular weight excluding hydrogens is 214 g/mol. The summed E-state index contributed by atoms with van der Waals surface area (Å²) < 4.78 is 14.8. The van der Waals surface area contributed by atoms with Crippen molar-refractivity contribution in [2.45, 2.75) is 25.5 Å². The van der Waals surface area contributed by atoms with Crippen LogP contribution in [0.25, 0.3) is 0 Å². The number of esters is 1. The molecule has 0 aliphatic carbocycles. The van der Waals surface area contributed by atoms with Crippen LogP contribution >= 0.6 is 0 Å². The summed E-state index contributed by atoms with van der Waals surface area (Å²) >= 11 is 0. The highest BCUT2D eigenvalue weighted by molar-refractivity contribution is 5.84. The Morgan fingerprint density at radius 3 is 2.50 bits per heavy atom. The van der Waals surface area contributed by atoms with Crippen LogP contribution in [0, 0.1) is 0 Å². The fraction of sp³-hybridized carbons (Fsp3) is 0.800. The first-order valence-electron chi connectivity index (χ1n) is 5.20. The van der Waals surface area contributed by atoms with Crippen molar-refractivity contribution in [1.29, 1.82) is 0 Å². The van der Waals surface area contributed by atoms with Crippen LogP contribution in [0.5, 0.6) is 0 Å². The average molecular weight is 231 g/mol. The highest BCUT2D eigenvalue weighted by Gasteiger charge is 2.52. The van der Waals surface area contributed by atoms with Gasteiger partial charge in [0.05, 0.1) is 14.2 Å². The topological polar surface area (TPSA) is 65.1 Å². The van der Waals surface area contributed by atoms with Gasteiger partial charge in [-0.25, -0.2) is 9.59 Å². The molecule has 1 aliphatic rings. The quantitative estimate of drug-likeness (QED) is 0.671. The van der Waals surface area contributed by atoms with Crippen LogP contribution in [-0.4, -0.2) is 50.1 Å². The van der Waals surface area contributed by atoms with E-state index < -0.39 is 17.8 Å². The lowest BCUT2D eigenvalue weighted by molar-refractivity contribution is -0.188. The van der Waals surface area contributed by atoms with Crippen LogP contribution in [0.15, 0.2) is 0 Å². The number of ether oxygens (including phenoxy) is 3. The molecule has 0 spiro atoms. The molecule has 1 fully saturated rings. The monoisotopic (exact) mass is 231 g/mol. The summed E-state index contributed by atoms with van der Waals surface area (Å²) in [5.74, 6) is -0.558. The summed E-state index contributed by atoms with van der Waals surface area (Å²) in [6.45, 7) is 2.52. The average Bonchev–Trinajstić information content (AvgIpc) is 2.72. The lowest BCUT2D eigenvalue weighted by Crippen LogP contribution is -2.55. The van der Waals surface area contributed by atoms with Crippen LogP contribution in [0.1, 0.15) is 19.8 Å². The Hall–Kier alpha value is -1.30. The molecule has 0 N–H and O–H groups in total. The third-order valence-corrected chi connectivity index (χ3v) is 2.62. The number of carbonyl (C=O) groups is 2. The van der Waals surface area contributed by atoms with Gasteiger partial charge in [-0.1, -0.05) is 0 Å². The van der Waals surface area contributed by atoms with Crippen molar-refractivity contribution in [3.63, 3.8) is 0 Å². The van der Waals surface area contributed by atoms with E-state index in [9.17, 15) is 9.59 Å². The molecule has 1 atom stereocenters. The number of methoxy groups -OCH3 is 2. The van der Waals surface area contributed by atoms with Gasteiger partial charge < -0.3 is 14.2 Å². The molecule has 0 aromatic carbocycles. The van der Waals surface area contributed by atoms with Gasteiger partial charge in [-0.3, -0.25) is 4.90 Å². The van der Waals surface area contributed by atoms with E-state index in [2.05, 4.69) is 4.74 Å². The molecule has 0 unspecified atom stereocenters. The number of amides is 1. The lowest BCUT2D eigenvalue weighted by atomic mass is 10.1. The summed E-state index contributed by atoms with van der Waals surface area (Å²) in [5.41, 5.74) is -1.31. The van der Waals surface area contributed by atoms with E-state index in [1.54, 1.807) is 6.92 Å². The van der Waals surface area contributed by atoms with Crippen LogP contribution in [-0.2, 0) is 19.0 Å². The van der Waals surface area contributed by atoms with Crippen LogP contribution in [0.4, 0.5) is 4.79 Å². The smallest absolute Gasteiger partial charge is 0.412 e. The third kappa shape index (κ3) is 1.97.